The summed E-state index contributed by atoms with van der Waals surface area (Å²) in [4.78, 5) is 0. The van der Waals surface area contributed by atoms with Crippen molar-refractivity contribution >= 4 is 10.2 Å². The van der Waals surface area contributed by atoms with E-state index in [1.54, 1.807) is 0 Å². The molecule has 1 aromatic carbocycles. The number of nitrogens with one attached hydrogen (secondary N) is 1. The summed E-state index contributed by atoms with van der Waals surface area (Å²) in [5, 5.41) is 9.55. The van der Waals surface area contributed by atoms with E-state index in [-0.39, 0.29) is 6.61 Å². The minimum Gasteiger partial charge on any atom is -0.394 e. The van der Waals surface area contributed by atoms with E-state index < -0.39 is 15.7 Å². The summed E-state index contributed by atoms with van der Waals surface area (Å²) >= 11 is 0. The zero-order valence-corrected chi connectivity index (χ0v) is 13.5. The lowest BCUT2D eigenvalue weighted by atomic mass is 9.96. The molecule has 0 atom stereocenters. The first-order chi connectivity index (χ1) is 9.96. The van der Waals surface area contributed by atoms with Gasteiger partial charge in [0.25, 0.3) is 10.2 Å². The SMILES string of the molecule is CCC(CC)(CO)NS(=O)(=O)N1CCc2ccccc2C1. The molecule has 6 heteroatoms. The molecule has 1 aliphatic rings. The van der Waals surface area contributed by atoms with Crippen molar-refractivity contribution in [1.82, 2.24) is 9.03 Å². The summed E-state index contributed by atoms with van der Waals surface area (Å²) in [6, 6.07) is 7.92. The predicted molar refractivity (Wildman–Crippen MR) is 83.0 cm³/mol. The first-order valence-corrected chi connectivity index (χ1v) is 8.87. The average molecular weight is 312 g/mol. The molecule has 0 amide bonds. The van der Waals surface area contributed by atoms with Gasteiger partial charge in [-0.25, -0.2) is 0 Å². The first kappa shape index (κ1) is 16.4. The lowest BCUT2D eigenvalue weighted by Crippen LogP contribution is -2.55. The van der Waals surface area contributed by atoms with Crippen LogP contribution in [0, 0.1) is 0 Å². The lowest BCUT2D eigenvalue weighted by molar-refractivity contribution is 0.169. The number of nitrogens with zero attached hydrogens (tertiary/aromatic N) is 1. The third-order valence-corrected chi connectivity index (χ3v) is 6.12. The van der Waals surface area contributed by atoms with Gasteiger partial charge in [-0.05, 0) is 30.4 Å². The molecule has 0 bridgehead atoms. The van der Waals surface area contributed by atoms with Gasteiger partial charge in [0.2, 0.25) is 0 Å². The molecular weight excluding hydrogens is 288 g/mol. The molecule has 1 aliphatic heterocycles. The Labute approximate surface area is 127 Å². The van der Waals surface area contributed by atoms with Crippen molar-refractivity contribution < 1.29 is 13.5 Å². The van der Waals surface area contributed by atoms with Gasteiger partial charge < -0.3 is 5.11 Å². The predicted octanol–water partition coefficient (Wildman–Crippen LogP) is 1.43. The monoisotopic (exact) mass is 312 g/mol. The minimum atomic E-state index is -3.60. The van der Waals surface area contributed by atoms with Gasteiger partial charge in [0, 0.05) is 13.1 Å². The minimum absolute atomic E-state index is 0.191. The standard InChI is InChI=1S/C15H24N2O3S/c1-3-15(4-2,12-18)16-21(19,20)17-10-9-13-7-5-6-8-14(13)11-17/h5-8,16,18H,3-4,9-12H2,1-2H3. The van der Waals surface area contributed by atoms with Gasteiger partial charge in [0.15, 0.2) is 0 Å². The molecule has 1 aromatic rings. The highest BCUT2D eigenvalue weighted by atomic mass is 32.2. The Kier molecular flexibility index (Phi) is 5.03. The number of benzene rings is 1. The smallest absolute Gasteiger partial charge is 0.280 e. The van der Waals surface area contributed by atoms with Crippen molar-refractivity contribution in [3.63, 3.8) is 0 Å². The number of hydrogen-bond acceptors (Lipinski definition) is 3. The summed E-state index contributed by atoms with van der Waals surface area (Å²) in [5.41, 5.74) is 1.50. The van der Waals surface area contributed by atoms with Gasteiger partial charge in [-0.3, -0.25) is 0 Å². The lowest BCUT2D eigenvalue weighted by Gasteiger charge is -2.35. The van der Waals surface area contributed by atoms with Crippen LogP contribution in [0.15, 0.2) is 24.3 Å². The Hall–Kier alpha value is -0.950. The van der Waals surface area contributed by atoms with Crippen molar-refractivity contribution in [2.24, 2.45) is 0 Å². The molecule has 0 aliphatic carbocycles. The van der Waals surface area contributed by atoms with Crippen LogP contribution in [0.25, 0.3) is 0 Å². The highest BCUT2D eigenvalue weighted by molar-refractivity contribution is 7.87. The molecule has 0 saturated carbocycles. The molecule has 1 heterocycles. The maximum atomic E-state index is 12.6. The van der Waals surface area contributed by atoms with Crippen molar-refractivity contribution in [2.45, 2.75) is 45.2 Å². The fourth-order valence-corrected chi connectivity index (χ4v) is 4.33. The largest absolute Gasteiger partial charge is 0.394 e. The van der Waals surface area contributed by atoms with E-state index in [0.717, 1.165) is 12.0 Å². The van der Waals surface area contributed by atoms with Gasteiger partial charge in [-0.2, -0.15) is 17.4 Å². The average Bonchev–Trinajstić information content (AvgIpc) is 2.52. The van der Waals surface area contributed by atoms with E-state index >= 15 is 0 Å². The molecule has 0 unspecified atom stereocenters. The van der Waals surface area contributed by atoms with Crippen molar-refractivity contribution in [3.05, 3.63) is 35.4 Å². The van der Waals surface area contributed by atoms with Gasteiger partial charge >= 0.3 is 0 Å². The summed E-state index contributed by atoms with van der Waals surface area (Å²) in [7, 11) is -3.60. The third-order valence-electron chi connectivity index (χ3n) is 4.44. The molecule has 21 heavy (non-hydrogen) atoms. The summed E-state index contributed by atoms with van der Waals surface area (Å²) < 4.78 is 29.4. The van der Waals surface area contributed by atoms with Crippen molar-refractivity contribution in [2.75, 3.05) is 13.2 Å². The summed E-state index contributed by atoms with van der Waals surface area (Å²) in [5.74, 6) is 0. The van der Waals surface area contributed by atoms with Crippen LogP contribution in [0.3, 0.4) is 0 Å². The van der Waals surface area contributed by atoms with Crippen molar-refractivity contribution in [3.8, 4) is 0 Å². The van der Waals surface area contributed by atoms with Crippen LogP contribution in [-0.4, -0.2) is 36.5 Å². The van der Waals surface area contributed by atoms with Gasteiger partial charge in [0.05, 0.1) is 12.1 Å². The highest BCUT2D eigenvalue weighted by Gasteiger charge is 2.35. The maximum absolute atomic E-state index is 12.6. The third kappa shape index (κ3) is 3.45. The fraction of sp³-hybridized carbons (Fsp3) is 0.600. The van der Waals surface area contributed by atoms with Crippen LogP contribution in [0.5, 0.6) is 0 Å². The van der Waals surface area contributed by atoms with E-state index in [2.05, 4.69) is 4.72 Å². The van der Waals surface area contributed by atoms with Crippen LogP contribution < -0.4 is 4.72 Å². The van der Waals surface area contributed by atoms with Crippen molar-refractivity contribution in [1.29, 1.82) is 0 Å². The second-order valence-electron chi connectivity index (χ2n) is 5.60. The Bertz CT molecular complexity index is 574. The van der Waals surface area contributed by atoms with E-state index in [4.69, 9.17) is 0 Å². The van der Waals surface area contributed by atoms with E-state index in [9.17, 15) is 13.5 Å². The zero-order valence-electron chi connectivity index (χ0n) is 12.7. The Morgan fingerprint density at radius 1 is 1.24 bits per heavy atom. The Morgan fingerprint density at radius 3 is 2.43 bits per heavy atom. The van der Waals surface area contributed by atoms with Crippen LogP contribution in [0.1, 0.15) is 37.8 Å². The first-order valence-electron chi connectivity index (χ1n) is 7.43. The molecule has 0 saturated heterocycles. The zero-order chi connectivity index (χ0) is 15.5. The topological polar surface area (TPSA) is 69.6 Å². The Balaban J connectivity index is 2.18. The second kappa shape index (κ2) is 6.44. The quantitative estimate of drug-likeness (QED) is 0.835. The molecule has 118 valence electrons. The molecule has 5 nitrogen and oxygen atoms in total. The number of rotatable bonds is 6. The molecule has 2 rings (SSSR count). The second-order valence-corrected chi connectivity index (χ2v) is 7.28. The molecule has 0 spiro atoms. The number of aliphatic hydroxyl groups is 1. The molecular formula is C15H24N2O3S. The number of hydrogen-bond donors (Lipinski definition) is 2. The fourth-order valence-electron chi connectivity index (χ4n) is 2.66. The summed E-state index contributed by atoms with van der Waals surface area (Å²) in [6.45, 7) is 4.44. The van der Waals surface area contributed by atoms with Gasteiger partial charge in [0.1, 0.15) is 0 Å². The molecule has 0 aromatic heterocycles. The van der Waals surface area contributed by atoms with E-state index in [1.807, 2.05) is 38.1 Å². The molecule has 0 fully saturated rings. The van der Waals surface area contributed by atoms with Crippen LogP contribution in [-0.2, 0) is 23.2 Å². The molecule has 2 N–H and O–H groups in total. The normalized spacial score (nSPS) is 16.7. The van der Waals surface area contributed by atoms with Gasteiger partial charge in [-0.15, -0.1) is 0 Å². The van der Waals surface area contributed by atoms with Crippen LogP contribution >= 0.6 is 0 Å². The number of fused-ring (bicyclic) bond motifs is 1. The van der Waals surface area contributed by atoms with Crippen LogP contribution in [0.2, 0.25) is 0 Å². The number of aliphatic hydroxyl groups excluding tert-OH is 1. The highest BCUT2D eigenvalue weighted by Crippen LogP contribution is 2.23. The maximum Gasteiger partial charge on any atom is 0.280 e. The van der Waals surface area contributed by atoms with Gasteiger partial charge in [-0.1, -0.05) is 38.1 Å². The Morgan fingerprint density at radius 2 is 1.86 bits per heavy atom. The summed E-state index contributed by atoms with van der Waals surface area (Å²) in [6.07, 6.45) is 1.84. The van der Waals surface area contributed by atoms with E-state index in [1.165, 1.54) is 9.87 Å². The van der Waals surface area contributed by atoms with Crippen LogP contribution in [0.4, 0.5) is 0 Å². The molecule has 0 radical (unpaired) electrons. The van der Waals surface area contributed by atoms with E-state index in [0.29, 0.717) is 25.9 Å².